The standard InChI is InChI=1S/C12H12N4O4S/c13-11-2-1-10(7-12(11)16(17)18)21(19,20)15-8-9-3-5-14-6-4-9/h1-7,15H,8,13H2. The lowest BCUT2D eigenvalue weighted by atomic mass is 10.3. The van der Waals surface area contributed by atoms with Crippen LogP contribution in [0.3, 0.4) is 0 Å². The molecular weight excluding hydrogens is 296 g/mol. The van der Waals surface area contributed by atoms with Gasteiger partial charge >= 0.3 is 0 Å². The molecule has 0 aliphatic carbocycles. The fraction of sp³-hybridized carbons (Fsp3) is 0.0833. The second-order valence-corrected chi connectivity index (χ2v) is 5.92. The van der Waals surface area contributed by atoms with Crippen molar-refractivity contribution in [3.05, 3.63) is 58.4 Å². The molecular formula is C12H12N4O4S. The van der Waals surface area contributed by atoms with E-state index in [1.54, 1.807) is 12.1 Å². The van der Waals surface area contributed by atoms with Gasteiger partial charge in [0.05, 0.1) is 9.82 Å². The third-order valence-electron chi connectivity index (χ3n) is 2.72. The molecule has 0 fully saturated rings. The molecule has 21 heavy (non-hydrogen) atoms. The van der Waals surface area contributed by atoms with Gasteiger partial charge in [-0.25, -0.2) is 13.1 Å². The van der Waals surface area contributed by atoms with E-state index in [2.05, 4.69) is 9.71 Å². The maximum Gasteiger partial charge on any atom is 0.293 e. The van der Waals surface area contributed by atoms with Crippen LogP contribution >= 0.6 is 0 Å². The van der Waals surface area contributed by atoms with Crippen molar-refractivity contribution in [2.75, 3.05) is 5.73 Å². The Bertz CT molecular complexity index is 762. The number of hydrogen-bond acceptors (Lipinski definition) is 6. The van der Waals surface area contributed by atoms with Crippen LogP contribution in [0.25, 0.3) is 0 Å². The van der Waals surface area contributed by atoms with Gasteiger partial charge in [-0.1, -0.05) is 0 Å². The number of nitrogens with zero attached hydrogens (tertiary/aromatic N) is 2. The molecule has 0 radical (unpaired) electrons. The zero-order valence-corrected chi connectivity index (χ0v) is 11.6. The maximum atomic E-state index is 12.1. The summed E-state index contributed by atoms with van der Waals surface area (Å²) in [6.45, 7) is 0.0586. The highest BCUT2D eigenvalue weighted by molar-refractivity contribution is 7.89. The lowest BCUT2D eigenvalue weighted by Crippen LogP contribution is -2.23. The predicted octanol–water partition coefficient (Wildman–Crippen LogP) is 1.05. The number of rotatable bonds is 5. The van der Waals surface area contributed by atoms with E-state index in [0.717, 1.165) is 11.6 Å². The normalized spacial score (nSPS) is 11.2. The minimum absolute atomic E-state index is 0.0586. The molecule has 0 saturated carbocycles. The summed E-state index contributed by atoms with van der Waals surface area (Å²) in [5.41, 5.74) is 5.62. The zero-order valence-electron chi connectivity index (χ0n) is 10.8. The summed E-state index contributed by atoms with van der Waals surface area (Å²) < 4.78 is 26.6. The quantitative estimate of drug-likeness (QED) is 0.482. The first-order chi connectivity index (χ1) is 9.90. The minimum atomic E-state index is -3.86. The fourth-order valence-corrected chi connectivity index (χ4v) is 2.65. The Hall–Kier alpha value is -2.52. The first-order valence-electron chi connectivity index (χ1n) is 5.82. The van der Waals surface area contributed by atoms with Crippen molar-refractivity contribution in [3.63, 3.8) is 0 Å². The van der Waals surface area contributed by atoms with Crippen molar-refractivity contribution < 1.29 is 13.3 Å². The van der Waals surface area contributed by atoms with Crippen molar-refractivity contribution >= 4 is 21.4 Å². The van der Waals surface area contributed by atoms with E-state index in [-0.39, 0.29) is 17.1 Å². The lowest BCUT2D eigenvalue weighted by Gasteiger charge is -2.07. The molecule has 9 heteroatoms. The largest absolute Gasteiger partial charge is 0.393 e. The molecule has 0 saturated heterocycles. The molecule has 0 spiro atoms. The third-order valence-corrected chi connectivity index (χ3v) is 4.12. The Morgan fingerprint density at radius 3 is 2.52 bits per heavy atom. The number of nitro groups is 1. The summed E-state index contributed by atoms with van der Waals surface area (Å²) in [4.78, 5) is 13.7. The summed E-state index contributed by atoms with van der Waals surface area (Å²) in [5, 5.41) is 10.8. The number of sulfonamides is 1. The molecule has 0 bridgehead atoms. The molecule has 2 rings (SSSR count). The van der Waals surface area contributed by atoms with Crippen LogP contribution in [0.4, 0.5) is 11.4 Å². The Morgan fingerprint density at radius 1 is 1.24 bits per heavy atom. The number of nitrogens with two attached hydrogens (primary N) is 1. The van der Waals surface area contributed by atoms with Crippen LogP contribution in [0.2, 0.25) is 0 Å². The maximum absolute atomic E-state index is 12.1. The van der Waals surface area contributed by atoms with E-state index in [1.807, 2.05) is 0 Å². The monoisotopic (exact) mass is 308 g/mol. The first kappa shape index (κ1) is 14.9. The molecule has 0 aliphatic heterocycles. The van der Waals surface area contributed by atoms with Crippen LogP contribution in [-0.4, -0.2) is 18.3 Å². The fourth-order valence-electron chi connectivity index (χ4n) is 1.61. The van der Waals surface area contributed by atoms with E-state index in [9.17, 15) is 18.5 Å². The number of benzene rings is 1. The molecule has 0 unspecified atom stereocenters. The summed E-state index contributed by atoms with van der Waals surface area (Å²) in [7, 11) is -3.86. The van der Waals surface area contributed by atoms with Gasteiger partial charge < -0.3 is 5.73 Å². The summed E-state index contributed by atoms with van der Waals surface area (Å²) >= 11 is 0. The third kappa shape index (κ3) is 3.52. The topological polar surface area (TPSA) is 128 Å². The Labute approximate surface area is 120 Å². The van der Waals surface area contributed by atoms with Crippen molar-refractivity contribution in [1.29, 1.82) is 0 Å². The van der Waals surface area contributed by atoms with Crippen molar-refractivity contribution in [1.82, 2.24) is 9.71 Å². The second kappa shape index (κ2) is 5.85. The minimum Gasteiger partial charge on any atom is -0.393 e. The van der Waals surface area contributed by atoms with Gasteiger partial charge in [0.25, 0.3) is 5.69 Å². The molecule has 0 amide bonds. The van der Waals surface area contributed by atoms with Crippen LogP contribution < -0.4 is 10.5 Å². The molecule has 1 heterocycles. The van der Waals surface area contributed by atoms with Gasteiger partial charge in [0, 0.05) is 25.0 Å². The molecule has 0 atom stereocenters. The van der Waals surface area contributed by atoms with Gasteiger partial charge in [-0.2, -0.15) is 0 Å². The zero-order chi connectivity index (χ0) is 15.5. The van der Waals surface area contributed by atoms with E-state index >= 15 is 0 Å². The molecule has 1 aromatic carbocycles. The average Bonchev–Trinajstić information content (AvgIpc) is 2.46. The van der Waals surface area contributed by atoms with Crippen molar-refractivity contribution in [2.45, 2.75) is 11.4 Å². The highest BCUT2D eigenvalue weighted by Crippen LogP contribution is 2.24. The smallest absolute Gasteiger partial charge is 0.293 e. The van der Waals surface area contributed by atoms with Crippen molar-refractivity contribution in [2.24, 2.45) is 0 Å². The molecule has 110 valence electrons. The van der Waals surface area contributed by atoms with Gasteiger partial charge in [-0.3, -0.25) is 15.1 Å². The second-order valence-electron chi connectivity index (χ2n) is 4.16. The number of hydrogen-bond donors (Lipinski definition) is 2. The van der Waals surface area contributed by atoms with Crippen LogP contribution in [-0.2, 0) is 16.6 Å². The molecule has 0 aliphatic rings. The molecule has 3 N–H and O–H groups in total. The SMILES string of the molecule is Nc1ccc(S(=O)(=O)NCc2ccncc2)cc1[N+](=O)[O-]. The number of aromatic nitrogens is 1. The van der Waals surface area contributed by atoms with Gasteiger partial charge in [-0.15, -0.1) is 0 Å². The number of pyridine rings is 1. The Morgan fingerprint density at radius 2 is 1.90 bits per heavy atom. The van der Waals surface area contributed by atoms with Crippen LogP contribution in [0.15, 0.2) is 47.6 Å². The highest BCUT2D eigenvalue weighted by atomic mass is 32.2. The predicted molar refractivity (Wildman–Crippen MR) is 75.8 cm³/mol. The van der Waals surface area contributed by atoms with Crippen LogP contribution in [0, 0.1) is 10.1 Å². The van der Waals surface area contributed by atoms with E-state index in [4.69, 9.17) is 5.73 Å². The van der Waals surface area contributed by atoms with Gasteiger partial charge in [0.15, 0.2) is 0 Å². The first-order valence-corrected chi connectivity index (χ1v) is 7.31. The lowest BCUT2D eigenvalue weighted by molar-refractivity contribution is -0.384. The molecule has 1 aromatic heterocycles. The number of nitrogens with one attached hydrogen (secondary N) is 1. The van der Waals surface area contributed by atoms with Gasteiger partial charge in [0.2, 0.25) is 10.0 Å². The van der Waals surface area contributed by atoms with Crippen LogP contribution in [0.1, 0.15) is 5.56 Å². The summed E-state index contributed by atoms with van der Waals surface area (Å²) in [6, 6.07) is 6.67. The van der Waals surface area contributed by atoms with Gasteiger partial charge in [-0.05, 0) is 29.8 Å². The van der Waals surface area contributed by atoms with E-state index in [0.29, 0.717) is 0 Å². The van der Waals surface area contributed by atoms with E-state index in [1.165, 1.54) is 24.5 Å². The Balaban J connectivity index is 2.24. The molecule has 2 aromatic rings. The number of nitro benzene ring substituents is 1. The summed E-state index contributed by atoms with van der Waals surface area (Å²) in [5.74, 6) is 0. The molecule has 8 nitrogen and oxygen atoms in total. The van der Waals surface area contributed by atoms with Gasteiger partial charge in [0.1, 0.15) is 5.69 Å². The Kier molecular flexibility index (Phi) is 4.15. The number of anilines is 1. The highest BCUT2D eigenvalue weighted by Gasteiger charge is 2.19. The van der Waals surface area contributed by atoms with Crippen molar-refractivity contribution in [3.8, 4) is 0 Å². The summed E-state index contributed by atoms with van der Waals surface area (Å²) in [6.07, 6.45) is 3.08. The average molecular weight is 308 g/mol. The van der Waals surface area contributed by atoms with Crippen LogP contribution in [0.5, 0.6) is 0 Å². The van der Waals surface area contributed by atoms with E-state index < -0.39 is 20.6 Å². The number of nitrogen functional groups attached to an aromatic ring is 1.